The van der Waals surface area contributed by atoms with Gasteiger partial charge in [-0.3, -0.25) is 4.79 Å². The van der Waals surface area contributed by atoms with Gasteiger partial charge in [0.1, 0.15) is 0 Å². The van der Waals surface area contributed by atoms with E-state index < -0.39 is 0 Å². The molecule has 0 saturated carbocycles. The zero-order valence-corrected chi connectivity index (χ0v) is 14.7. The number of aromatic nitrogens is 1. The van der Waals surface area contributed by atoms with Crippen molar-refractivity contribution in [1.82, 2.24) is 4.98 Å². The minimum atomic E-state index is -0.0430. The van der Waals surface area contributed by atoms with E-state index in [1.807, 2.05) is 5.38 Å². The molecule has 1 unspecified atom stereocenters. The first kappa shape index (κ1) is 16.7. The maximum atomic E-state index is 12.0. The monoisotopic (exact) mass is 370 g/mol. The smallest absolute Gasteiger partial charge is 0.226 e. The van der Waals surface area contributed by atoms with Crippen molar-refractivity contribution >= 4 is 45.6 Å². The van der Waals surface area contributed by atoms with Crippen LogP contribution >= 0.6 is 34.5 Å². The van der Waals surface area contributed by atoms with Gasteiger partial charge in [-0.15, -0.1) is 11.3 Å². The third-order valence-corrected chi connectivity index (χ3v) is 4.99. The number of rotatable bonds is 5. The summed E-state index contributed by atoms with van der Waals surface area (Å²) in [4.78, 5) is 16.4. The van der Waals surface area contributed by atoms with Crippen LogP contribution in [-0.4, -0.2) is 23.6 Å². The number of carbonyl (C=O) groups is 1. The second kappa shape index (κ2) is 7.62. The van der Waals surface area contributed by atoms with E-state index in [1.165, 1.54) is 11.3 Å². The van der Waals surface area contributed by atoms with Gasteiger partial charge in [-0.1, -0.05) is 23.2 Å². The molecule has 3 rings (SSSR count). The van der Waals surface area contributed by atoms with E-state index in [2.05, 4.69) is 10.3 Å². The molecule has 1 atom stereocenters. The quantitative estimate of drug-likeness (QED) is 0.803. The summed E-state index contributed by atoms with van der Waals surface area (Å²) in [5.74, 6) is -0.0430. The van der Waals surface area contributed by atoms with Gasteiger partial charge in [0, 0.05) is 29.0 Å². The second-order valence-electron chi connectivity index (χ2n) is 5.38. The first-order chi connectivity index (χ1) is 11.1. The highest BCUT2D eigenvalue weighted by Gasteiger charge is 2.17. The standard InChI is InChI=1S/C16H16Cl2N2O2S/c17-10-3-5-13(18)12(8-10)14-9-23-16(19-14)20-15(21)6-4-11-2-1-7-22-11/h3,5,8-9,11H,1-2,4,6-7H2,(H,19,20,21). The Kier molecular flexibility index (Phi) is 5.54. The van der Waals surface area contributed by atoms with E-state index >= 15 is 0 Å². The number of halogens is 2. The van der Waals surface area contributed by atoms with Gasteiger partial charge in [-0.25, -0.2) is 4.98 Å². The molecule has 1 amide bonds. The molecule has 0 bridgehead atoms. The number of benzene rings is 1. The van der Waals surface area contributed by atoms with E-state index in [9.17, 15) is 4.79 Å². The SMILES string of the molecule is O=C(CCC1CCCO1)Nc1nc(-c2cc(Cl)ccc2Cl)cs1. The highest BCUT2D eigenvalue weighted by molar-refractivity contribution is 7.14. The van der Waals surface area contributed by atoms with Crippen LogP contribution in [0.3, 0.4) is 0 Å². The van der Waals surface area contributed by atoms with Crippen LogP contribution in [0.15, 0.2) is 23.6 Å². The second-order valence-corrected chi connectivity index (χ2v) is 7.09. The van der Waals surface area contributed by atoms with Crippen molar-refractivity contribution in [3.8, 4) is 11.3 Å². The molecule has 1 aromatic heterocycles. The summed E-state index contributed by atoms with van der Waals surface area (Å²) in [5.41, 5.74) is 1.46. The average molecular weight is 371 g/mol. The van der Waals surface area contributed by atoms with Crippen LogP contribution in [0, 0.1) is 0 Å². The Labute approximate surface area is 148 Å². The molecule has 122 valence electrons. The highest BCUT2D eigenvalue weighted by Crippen LogP contribution is 2.32. The summed E-state index contributed by atoms with van der Waals surface area (Å²) < 4.78 is 5.52. The Morgan fingerprint density at radius 2 is 2.30 bits per heavy atom. The van der Waals surface area contributed by atoms with Crippen LogP contribution in [0.2, 0.25) is 10.0 Å². The van der Waals surface area contributed by atoms with E-state index in [-0.39, 0.29) is 12.0 Å². The van der Waals surface area contributed by atoms with Gasteiger partial charge in [-0.2, -0.15) is 0 Å². The fourth-order valence-corrected chi connectivity index (χ4v) is 3.61. The maximum absolute atomic E-state index is 12.0. The van der Waals surface area contributed by atoms with Gasteiger partial charge in [0.2, 0.25) is 5.91 Å². The van der Waals surface area contributed by atoms with Crippen LogP contribution in [0.25, 0.3) is 11.3 Å². The normalized spacial score (nSPS) is 17.4. The topological polar surface area (TPSA) is 51.2 Å². The van der Waals surface area contributed by atoms with Crippen LogP contribution in [0.1, 0.15) is 25.7 Å². The molecule has 1 aliphatic heterocycles. The summed E-state index contributed by atoms with van der Waals surface area (Å²) in [6.45, 7) is 0.808. The molecular formula is C16H16Cl2N2O2S. The zero-order chi connectivity index (χ0) is 16.2. The summed E-state index contributed by atoms with van der Waals surface area (Å²) in [7, 11) is 0. The Morgan fingerprint density at radius 3 is 3.09 bits per heavy atom. The number of hydrogen-bond acceptors (Lipinski definition) is 4. The van der Waals surface area contributed by atoms with Gasteiger partial charge in [0.15, 0.2) is 5.13 Å². The predicted molar refractivity (Wildman–Crippen MR) is 94.4 cm³/mol. The number of thiazole rings is 1. The lowest BCUT2D eigenvalue weighted by Gasteiger charge is -2.08. The molecule has 1 N–H and O–H groups in total. The lowest BCUT2D eigenvalue weighted by atomic mass is 10.1. The van der Waals surface area contributed by atoms with Gasteiger partial charge in [0.25, 0.3) is 0 Å². The lowest BCUT2D eigenvalue weighted by molar-refractivity contribution is -0.116. The van der Waals surface area contributed by atoms with Crippen LogP contribution in [-0.2, 0) is 9.53 Å². The minimum Gasteiger partial charge on any atom is -0.378 e. The van der Waals surface area contributed by atoms with Crippen LogP contribution in [0.5, 0.6) is 0 Å². The van der Waals surface area contributed by atoms with Crippen LogP contribution in [0.4, 0.5) is 5.13 Å². The van der Waals surface area contributed by atoms with Gasteiger partial charge >= 0.3 is 0 Å². The van der Waals surface area contributed by atoms with E-state index in [1.54, 1.807) is 18.2 Å². The Balaban J connectivity index is 1.60. The maximum Gasteiger partial charge on any atom is 0.226 e. The average Bonchev–Trinajstić information content (AvgIpc) is 3.19. The minimum absolute atomic E-state index is 0.0430. The Bertz CT molecular complexity index is 699. The van der Waals surface area contributed by atoms with Crippen molar-refractivity contribution in [2.24, 2.45) is 0 Å². The molecule has 0 spiro atoms. The molecular weight excluding hydrogens is 355 g/mol. The van der Waals surface area contributed by atoms with Crippen molar-refractivity contribution in [1.29, 1.82) is 0 Å². The molecule has 2 aromatic rings. The molecule has 7 heteroatoms. The molecule has 2 heterocycles. The van der Waals surface area contributed by atoms with E-state index in [0.717, 1.165) is 31.4 Å². The third-order valence-electron chi connectivity index (χ3n) is 3.67. The van der Waals surface area contributed by atoms with Crippen molar-refractivity contribution in [3.05, 3.63) is 33.6 Å². The third kappa shape index (κ3) is 4.44. The number of anilines is 1. The number of amides is 1. The van der Waals surface area contributed by atoms with E-state index in [0.29, 0.717) is 27.3 Å². The zero-order valence-electron chi connectivity index (χ0n) is 12.4. The number of ether oxygens (including phenoxy) is 1. The molecule has 1 fully saturated rings. The summed E-state index contributed by atoms with van der Waals surface area (Å²) >= 11 is 13.5. The molecule has 4 nitrogen and oxygen atoms in total. The van der Waals surface area contributed by atoms with Crippen LogP contribution < -0.4 is 5.32 Å². The van der Waals surface area contributed by atoms with Gasteiger partial charge < -0.3 is 10.1 Å². The molecule has 0 aliphatic carbocycles. The predicted octanol–water partition coefficient (Wildman–Crippen LogP) is 5.01. The van der Waals surface area contributed by atoms with E-state index in [4.69, 9.17) is 27.9 Å². The van der Waals surface area contributed by atoms with Gasteiger partial charge in [-0.05, 0) is 37.5 Å². The number of carbonyl (C=O) groups excluding carboxylic acids is 1. The first-order valence-corrected chi connectivity index (χ1v) is 9.08. The fourth-order valence-electron chi connectivity index (χ4n) is 2.49. The fraction of sp³-hybridized carbons (Fsp3) is 0.375. The summed E-state index contributed by atoms with van der Waals surface area (Å²) in [6, 6.07) is 5.23. The molecule has 1 aromatic carbocycles. The van der Waals surface area contributed by atoms with Crippen molar-refractivity contribution < 1.29 is 9.53 Å². The van der Waals surface area contributed by atoms with Crippen molar-refractivity contribution in [2.75, 3.05) is 11.9 Å². The molecule has 1 saturated heterocycles. The summed E-state index contributed by atoms with van der Waals surface area (Å²) in [5, 5.41) is 6.42. The first-order valence-electron chi connectivity index (χ1n) is 7.44. The Morgan fingerprint density at radius 1 is 1.43 bits per heavy atom. The largest absolute Gasteiger partial charge is 0.378 e. The molecule has 0 radical (unpaired) electrons. The Hall–Kier alpha value is -1.14. The number of hydrogen-bond donors (Lipinski definition) is 1. The summed E-state index contributed by atoms with van der Waals surface area (Å²) in [6.07, 6.45) is 3.55. The van der Waals surface area contributed by atoms with Crippen molar-refractivity contribution in [2.45, 2.75) is 31.8 Å². The number of nitrogens with zero attached hydrogens (tertiary/aromatic N) is 1. The lowest BCUT2D eigenvalue weighted by Crippen LogP contribution is -2.15. The van der Waals surface area contributed by atoms with Crippen molar-refractivity contribution in [3.63, 3.8) is 0 Å². The molecule has 1 aliphatic rings. The van der Waals surface area contributed by atoms with Gasteiger partial charge in [0.05, 0.1) is 16.8 Å². The highest BCUT2D eigenvalue weighted by atomic mass is 35.5. The number of nitrogens with one attached hydrogen (secondary N) is 1. The molecule has 23 heavy (non-hydrogen) atoms.